The fraction of sp³-hybridized carbons (Fsp3) is 0.158. The lowest BCUT2D eigenvalue weighted by molar-refractivity contribution is -0.384. The number of thioether (sulfide) groups is 1. The van der Waals surface area contributed by atoms with E-state index in [0.717, 1.165) is 27.9 Å². The third-order valence-electron chi connectivity index (χ3n) is 4.08. The lowest BCUT2D eigenvalue weighted by Gasteiger charge is -2.14. The molecule has 1 heterocycles. The molecule has 0 bridgehead atoms. The van der Waals surface area contributed by atoms with Crippen molar-refractivity contribution in [3.8, 4) is 0 Å². The van der Waals surface area contributed by atoms with Crippen LogP contribution in [0.5, 0.6) is 0 Å². The third kappa shape index (κ3) is 4.32. The minimum Gasteiger partial charge on any atom is -0.378 e. The Hall–Kier alpha value is -3.33. The number of carbonyl (C=O) groups excluding carboxylic acids is 2. The van der Waals surface area contributed by atoms with Gasteiger partial charge in [-0.2, -0.15) is 0 Å². The smallest absolute Gasteiger partial charge is 0.295 e. The number of hydrogen-bond acceptors (Lipinski definition) is 7. The molecule has 0 saturated carbocycles. The van der Waals surface area contributed by atoms with Crippen LogP contribution < -0.4 is 10.2 Å². The molecule has 2 aromatic carbocycles. The van der Waals surface area contributed by atoms with Gasteiger partial charge in [-0.05, 0) is 41.6 Å². The van der Waals surface area contributed by atoms with E-state index in [1.54, 1.807) is 12.1 Å². The van der Waals surface area contributed by atoms with Gasteiger partial charge in [-0.3, -0.25) is 24.6 Å². The van der Waals surface area contributed by atoms with Crippen LogP contribution in [0.4, 0.5) is 21.9 Å². The van der Waals surface area contributed by atoms with Crippen molar-refractivity contribution in [2.24, 2.45) is 0 Å². The van der Waals surface area contributed by atoms with Crippen LogP contribution >= 0.6 is 11.8 Å². The van der Waals surface area contributed by atoms with Crippen molar-refractivity contribution >= 4 is 46.0 Å². The maximum Gasteiger partial charge on any atom is 0.295 e. The van der Waals surface area contributed by atoms with Crippen LogP contribution in [0.2, 0.25) is 0 Å². The number of amides is 2. The Bertz CT molecular complexity index is 957. The minimum absolute atomic E-state index is 0.0667. The molecule has 9 heteroatoms. The molecule has 0 aromatic heterocycles. The molecule has 0 radical (unpaired) electrons. The first-order valence-corrected chi connectivity index (χ1v) is 9.18. The summed E-state index contributed by atoms with van der Waals surface area (Å²) in [6, 6.07) is 13.5. The summed E-state index contributed by atoms with van der Waals surface area (Å²) in [6.45, 7) is -0.0667. The second-order valence-electron chi connectivity index (χ2n) is 6.24. The predicted molar refractivity (Wildman–Crippen MR) is 110 cm³/mol. The zero-order valence-electron chi connectivity index (χ0n) is 15.3. The monoisotopic (exact) mass is 398 g/mol. The molecule has 0 unspecified atom stereocenters. The largest absolute Gasteiger partial charge is 0.378 e. The van der Waals surface area contributed by atoms with E-state index < -0.39 is 10.8 Å². The number of nitro groups is 1. The number of non-ortho nitro benzene ring substituents is 1. The van der Waals surface area contributed by atoms with Gasteiger partial charge in [-0.25, -0.2) is 0 Å². The highest BCUT2D eigenvalue weighted by molar-refractivity contribution is 8.18. The van der Waals surface area contributed by atoms with E-state index in [4.69, 9.17) is 0 Å². The Morgan fingerprint density at radius 1 is 1.18 bits per heavy atom. The SMILES string of the molecule is CN(C)c1ccc(/C=C2/SC(=O)N(CNc3cccc([N+](=O)[O-])c3)C2=O)cc1. The molecular formula is C19H18N4O4S. The number of nitrogens with one attached hydrogen (secondary N) is 1. The van der Waals surface area contributed by atoms with Gasteiger partial charge in [-0.1, -0.05) is 18.2 Å². The molecule has 0 spiro atoms. The summed E-state index contributed by atoms with van der Waals surface area (Å²) < 4.78 is 0. The van der Waals surface area contributed by atoms with E-state index in [1.165, 1.54) is 18.2 Å². The highest BCUT2D eigenvalue weighted by Gasteiger charge is 2.34. The van der Waals surface area contributed by atoms with Crippen LogP contribution in [0, 0.1) is 10.1 Å². The quantitative estimate of drug-likeness (QED) is 0.449. The summed E-state index contributed by atoms with van der Waals surface area (Å²) in [6.07, 6.45) is 1.68. The topological polar surface area (TPSA) is 95.8 Å². The minimum atomic E-state index is -0.504. The second kappa shape index (κ2) is 8.13. The van der Waals surface area contributed by atoms with Gasteiger partial charge in [0.25, 0.3) is 16.8 Å². The molecule has 1 aliphatic rings. The Balaban J connectivity index is 1.69. The molecule has 2 amide bonds. The summed E-state index contributed by atoms with van der Waals surface area (Å²) in [5.41, 5.74) is 2.24. The normalized spacial score (nSPS) is 15.2. The molecule has 1 fully saturated rings. The number of carbonyl (C=O) groups is 2. The maximum atomic E-state index is 12.6. The van der Waals surface area contributed by atoms with Crippen LogP contribution in [0.1, 0.15) is 5.56 Å². The van der Waals surface area contributed by atoms with Crippen LogP contribution in [0.15, 0.2) is 53.4 Å². The van der Waals surface area contributed by atoms with Gasteiger partial charge in [0.1, 0.15) is 0 Å². The molecule has 2 aromatic rings. The highest BCUT2D eigenvalue weighted by atomic mass is 32.2. The van der Waals surface area contributed by atoms with Gasteiger partial charge in [0.15, 0.2) is 0 Å². The van der Waals surface area contributed by atoms with Gasteiger partial charge >= 0.3 is 0 Å². The first-order chi connectivity index (χ1) is 13.3. The van der Waals surface area contributed by atoms with Crippen LogP contribution in [0.25, 0.3) is 6.08 Å². The Morgan fingerprint density at radius 3 is 2.54 bits per heavy atom. The molecular weight excluding hydrogens is 380 g/mol. The van der Waals surface area contributed by atoms with Crippen molar-refractivity contribution in [3.63, 3.8) is 0 Å². The highest BCUT2D eigenvalue weighted by Crippen LogP contribution is 2.32. The molecule has 3 rings (SSSR count). The second-order valence-corrected chi connectivity index (χ2v) is 7.23. The Kier molecular flexibility index (Phi) is 5.65. The first kappa shape index (κ1) is 19.4. The van der Waals surface area contributed by atoms with Crippen LogP contribution in [-0.4, -0.2) is 41.7 Å². The number of benzene rings is 2. The third-order valence-corrected chi connectivity index (χ3v) is 4.99. The van der Waals surface area contributed by atoms with Crippen molar-refractivity contribution in [1.82, 2.24) is 4.90 Å². The molecule has 1 aliphatic heterocycles. The molecule has 1 saturated heterocycles. The average molecular weight is 398 g/mol. The van der Waals surface area contributed by atoms with Crippen molar-refractivity contribution in [2.45, 2.75) is 0 Å². The average Bonchev–Trinajstić information content (AvgIpc) is 2.93. The van der Waals surface area contributed by atoms with E-state index in [0.29, 0.717) is 10.6 Å². The van der Waals surface area contributed by atoms with E-state index in [-0.39, 0.29) is 17.6 Å². The summed E-state index contributed by atoms with van der Waals surface area (Å²) in [7, 11) is 3.88. The molecule has 28 heavy (non-hydrogen) atoms. The Morgan fingerprint density at radius 2 is 1.89 bits per heavy atom. The van der Waals surface area contributed by atoms with Gasteiger partial charge in [0.05, 0.1) is 16.5 Å². The number of rotatable bonds is 6. The van der Waals surface area contributed by atoms with Gasteiger partial charge in [0, 0.05) is 37.6 Å². The van der Waals surface area contributed by atoms with E-state index in [2.05, 4.69) is 5.32 Å². The fourth-order valence-electron chi connectivity index (χ4n) is 2.56. The number of hydrogen-bond donors (Lipinski definition) is 1. The van der Waals surface area contributed by atoms with E-state index >= 15 is 0 Å². The molecule has 1 N–H and O–H groups in total. The first-order valence-electron chi connectivity index (χ1n) is 8.36. The van der Waals surface area contributed by atoms with Gasteiger partial charge in [0.2, 0.25) is 0 Å². The lowest BCUT2D eigenvalue weighted by Crippen LogP contribution is -2.33. The van der Waals surface area contributed by atoms with Crippen LogP contribution in [0.3, 0.4) is 0 Å². The summed E-state index contributed by atoms with van der Waals surface area (Å²) >= 11 is 0.870. The Labute approximate surface area is 166 Å². The summed E-state index contributed by atoms with van der Waals surface area (Å²) in [5, 5.41) is 13.3. The van der Waals surface area contributed by atoms with E-state index in [9.17, 15) is 19.7 Å². The van der Waals surface area contributed by atoms with Crippen LogP contribution in [-0.2, 0) is 4.79 Å². The number of imide groups is 1. The van der Waals surface area contributed by atoms with Crippen molar-refractivity contribution in [1.29, 1.82) is 0 Å². The zero-order chi connectivity index (χ0) is 20.3. The number of nitrogens with zero attached hydrogens (tertiary/aromatic N) is 3. The maximum absolute atomic E-state index is 12.6. The summed E-state index contributed by atoms with van der Waals surface area (Å²) in [5.74, 6) is -0.399. The number of nitro benzene ring substituents is 1. The predicted octanol–water partition coefficient (Wildman–Crippen LogP) is 3.77. The number of anilines is 2. The molecule has 8 nitrogen and oxygen atoms in total. The zero-order valence-corrected chi connectivity index (χ0v) is 16.1. The van der Waals surface area contributed by atoms with Crippen molar-refractivity contribution < 1.29 is 14.5 Å². The lowest BCUT2D eigenvalue weighted by atomic mass is 10.2. The van der Waals surface area contributed by atoms with E-state index in [1.807, 2.05) is 43.3 Å². The molecule has 0 aliphatic carbocycles. The fourth-order valence-corrected chi connectivity index (χ4v) is 3.39. The molecule has 0 atom stereocenters. The standard InChI is InChI=1S/C19H18N4O4S/c1-21(2)15-8-6-13(7-9-15)10-17-18(24)22(19(25)28-17)12-20-14-4-3-5-16(11-14)23(26)27/h3-11,20H,12H2,1-2H3/b17-10+. The molecule has 144 valence electrons. The van der Waals surface area contributed by atoms with Gasteiger partial charge < -0.3 is 10.2 Å². The van der Waals surface area contributed by atoms with Crippen molar-refractivity contribution in [3.05, 3.63) is 69.1 Å². The van der Waals surface area contributed by atoms with Crippen molar-refractivity contribution in [2.75, 3.05) is 31.0 Å². The van der Waals surface area contributed by atoms with Gasteiger partial charge in [-0.15, -0.1) is 0 Å². The summed E-state index contributed by atoms with van der Waals surface area (Å²) in [4.78, 5) is 38.5.